The monoisotopic (exact) mass is 199 g/mol. The first-order valence-corrected chi connectivity index (χ1v) is 4.06. The molecule has 0 spiro atoms. The van der Waals surface area contributed by atoms with Crippen molar-refractivity contribution < 1.29 is 0 Å². The molecule has 0 radical (unpaired) electrons. The van der Waals surface area contributed by atoms with Gasteiger partial charge in [-0.3, -0.25) is 0 Å². The Morgan fingerprint density at radius 3 is 2.40 bits per heavy atom. The Morgan fingerprint density at radius 2 is 1.90 bits per heavy atom. The molecule has 10 heavy (non-hydrogen) atoms. The van der Waals surface area contributed by atoms with E-state index >= 15 is 0 Å². The van der Waals surface area contributed by atoms with E-state index in [0.717, 1.165) is 0 Å². The number of anilines is 1. The van der Waals surface area contributed by atoms with Gasteiger partial charge in [0.25, 0.3) is 0 Å². The first kappa shape index (κ1) is 7.52. The second kappa shape index (κ2) is 3.55. The Bertz CT molecular complexity index is 208. The normalized spacial score (nSPS) is 8.90. The third-order valence-electron chi connectivity index (χ3n) is 1.32. The molecule has 0 N–H and O–H groups in total. The van der Waals surface area contributed by atoms with E-state index in [4.69, 9.17) is 0 Å². The van der Waals surface area contributed by atoms with Crippen molar-refractivity contribution >= 4 is 26.3 Å². The summed E-state index contributed by atoms with van der Waals surface area (Å²) >= 11 is 2.84. The summed E-state index contributed by atoms with van der Waals surface area (Å²) in [6.07, 6.45) is 0. The molecule has 0 fully saturated rings. The summed E-state index contributed by atoms with van der Waals surface area (Å²) in [5.41, 5.74) is 1.20. The number of para-hydroxylation sites is 1. The van der Waals surface area contributed by atoms with Gasteiger partial charge in [-0.2, -0.15) is 0 Å². The number of rotatable bonds is 2. The molecule has 0 aliphatic carbocycles. The topological polar surface area (TPSA) is 3.24 Å². The predicted octanol–water partition coefficient (Wildman–Crippen LogP) is 1.05. The summed E-state index contributed by atoms with van der Waals surface area (Å²) in [6, 6.07) is 10.2. The molecule has 1 rings (SSSR count). The van der Waals surface area contributed by atoms with Crippen LogP contribution in [-0.4, -0.2) is 27.7 Å². The molecular formula is C8H9NSe. The molecule has 52 valence electrons. The third kappa shape index (κ3) is 1.69. The van der Waals surface area contributed by atoms with Crippen LogP contribution >= 0.6 is 0 Å². The van der Waals surface area contributed by atoms with Gasteiger partial charge in [-0.05, 0) is 0 Å². The zero-order valence-electron chi connectivity index (χ0n) is 5.82. The van der Waals surface area contributed by atoms with Crippen molar-refractivity contribution in [1.29, 1.82) is 0 Å². The average molecular weight is 198 g/mol. The van der Waals surface area contributed by atoms with Gasteiger partial charge in [0.1, 0.15) is 0 Å². The summed E-state index contributed by atoms with van der Waals surface area (Å²) < 4.78 is 0. The Hall–Kier alpha value is -0.591. The van der Waals surface area contributed by atoms with Crippen LogP contribution in [0.1, 0.15) is 0 Å². The molecule has 0 saturated heterocycles. The van der Waals surface area contributed by atoms with Crippen LogP contribution in [0.5, 0.6) is 0 Å². The van der Waals surface area contributed by atoms with Gasteiger partial charge >= 0.3 is 68.6 Å². The van der Waals surface area contributed by atoms with E-state index < -0.39 is 0 Å². The van der Waals surface area contributed by atoms with Gasteiger partial charge in [0.15, 0.2) is 0 Å². The van der Waals surface area contributed by atoms with Crippen LogP contribution in [-0.2, 0) is 0 Å². The molecule has 0 aromatic heterocycles. The van der Waals surface area contributed by atoms with Gasteiger partial charge in [0, 0.05) is 0 Å². The van der Waals surface area contributed by atoms with Gasteiger partial charge in [0.05, 0.1) is 0 Å². The molecule has 0 aliphatic rings. The van der Waals surface area contributed by atoms with Crippen molar-refractivity contribution in [1.82, 2.24) is 0 Å². The molecule has 0 saturated carbocycles. The van der Waals surface area contributed by atoms with Gasteiger partial charge in [-0.15, -0.1) is 0 Å². The Balaban J connectivity index is 2.84. The van der Waals surface area contributed by atoms with E-state index in [2.05, 4.69) is 27.7 Å². The fraction of sp³-hybridized carbons (Fsp3) is 0.125. The summed E-state index contributed by atoms with van der Waals surface area (Å²) in [5.74, 6) is 0. The summed E-state index contributed by atoms with van der Waals surface area (Å²) in [5, 5.41) is 1.91. The number of benzene rings is 1. The molecular weight excluding hydrogens is 189 g/mol. The molecule has 0 heterocycles. The van der Waals surface area contributed by atoms with Crippen LogP contribution in [0, 0.1) is 0 Å². The van der Waals surface area contributed by atoms with Gasteiger partial charge in [-0.1, -0.05) is 0 Å². The molecule has 0 atom stereocenters. The zero-order chi connectivity index (χ0) is 7.40. The fourth-order valence-corrected chi connectivity index (χ4v) is 0.979. The van der Waals surface area contributed by atoms with Crippen molar-refractivity contribution in [2.75, 3.05) is 11.9 Å². The van der Waals surface area contributed by atoms with Crippen molar-refractivity contribution in [2.45, 2.75) is 0 Å². The van der Waals surface area contributed by atoms with E-state index in [1.807, 2.05) is 35.2 Å². The summed E-state index contributed by atoms with van der Waals surface area (Å²) in [6.45, 7) is 0. The minimum atomic E-state index is 1.20. The zero-order valence-corrected chi connectivity index (χ0v) is 7.53. The molecule has 1 aromatic carbocycles. The fourth-order valence-electron chi connectivity index (χ4n) is 0.724. The molecule has 2 heteroatoms. The van der Waals surface area contributed by atoms with E-state index in [1.165, 1.54) is 5.69 Å². The quantitative estimate of drug-likeness (QED) is 0.642. The van der Waals surface area contributed by atoms with Crippen LogP contribution in [0.4, 0.5) is 5.69 Å². The maximum absolute atomic E-state index is 2.84. The Kier molecular flexibility index (Phi) is 2.67. The van der Waals surface area contributed by atoms with Gasteiger partial charge in [0.2, 0.25) is 0 Å². The summed E-state index contributed by atoms with van der Waals surface area (Å²) in [7, 11) is 2.01. The van der Waals surface area contributed by atoms with E-state index in [9.17, 15) is 0 Å². The third-order valence-corrected chi connectivity index (χ3v) is 1.99. The Morgan fingerprint density at radius 1 is 1.30 bits per heavy atom. The second-order valence-corrected chi connectivity index (χ2v) is 2.49. The molecule has 0 unspecified atom stereocenters. The van der Waals surface area contributed by atoms with E-state index in [0.29, 0.717) is 0 Å². The van der Waals surface area contributed by atoms with Crippen LogP contribution in [0.3, 0.4) is 0 Å². The Labute approximate surface area is 69.0 Å². The number of hydrogen-bond donors (Lipinski definition) is 0. The standard InChI is InChI=1S/C8H9NSe/c1-9(7-10)8-5-3-2-4-6-8/h2-7H,1H3. The van der Waals surface area contributed by atoms with Crippen LogP contribution in [0.2, 0.25) is 0 Å². The molecule has 1 nitrogen and oxygen atoms in total. The summed E-state index contributed by atoms with van der Waals surface area (Å²) in [4.78, 5) is 2.03. The van der Waals surface area contributed by atoms with Crippen molar-refractivity contribution in [3.05, 3.63) is 30.3 Å². The SMILES string of the molecule is CN(C=[Se])c1ccccc1. The van der Waals surface area contributed by atoms with Crippen LogP contribution < -0.4 is 4.90 Å². The van der Waals surface area contributed by atoms with Crippen molar-refractivity contribution in [3.8, 4) is 0 Å². The van der Waals surface area contributed by atoms with Gasteiger partial charge in [-0.25, -0.2) is 0 Å². The molecule has 0 aliphatic heterocycles. The molecule has 0 amide bonds. The van der Waals surface area contributed by atoms with Crippen LogP contribution in [0.25, 0.3) is 0 Å². The average Bonchev–Trinajstić information content (AvgIpc) is 2.05. The van der Waals surface area contributed by atoms with E-state index in [-0.39, 0.29) is 0 Å². The second-order valence-electron chi connectivity index (χ2n) is 2.05. The van der Waals surface area contributed by atoms with Crippen molar-refractivity contribution in [2.24, 2.45) is 0 Å². The number of hydrogen-bond acceptors (Lipinski definition) is 1. The molecule has 0 bridgehead atoms. The van der Waals surface area contributed by atoms with Crippen LogP contribution in [0.15, 0.2) is 30.3 Å². The van der Waals surface area contributed by atoms with Crippen molar-refractivity contribution in [3.63, 3.8) is 0 Å². The number of nitrogens with zero attached hydrogens (tertiary/aromatic N) is 1. The van der Waals surface area contributed by atoms with E-state index in [1.54, 1.807) is 0 Å². The maximum atomic E-state index is 2.84. The predicted molar refractivity (Wildman–Crippen MR) is 46.7 cm³/mol. The first-order chi connectivity index (χ1) is 4.84. The minimum absolute atomic E-state index is 1.20. The first-order valence-electron chi connectivity index (χ1n) is 3.08. The van der Waals surface area contributed by atoms with Gasteiger partial charge < -0.3 is 0 Å². The molecule has 1 aromatic rings.